The average molecular weight is 198 g/mol. The molecule has 5 heteroatoms. The van der Waals surface area contributed by atoms with E-state index in [1.807, 2.05) is 5.32 Å². The molecule has 0 saturated carbocycles. The van der Waals surface area contributed by atoms with Crippen LogP contribution in [0.2, 0.25) is 0 Å². The Labute approximate surface area is 82.4 Å². The summed E-state index contributed by atoms with van der Waals surface area (Å²) in [5.74, 6) is -1.54. The number of urea groups is 1. The second-order valence-electron chi connectivity index (χ2n) is 3.28. The summed E-state index contributed by atoms with van der Waals surface area (Å²) >= 11 is 0. The molecular formula is C9H14N2O3. The van der Waals surface area contributed by atoms with Crippen molar-refractivity contribution < 1.29 is 14.4 Å². The molecule has 0 aromatic carbocycles. The molecule has 14 heavy (non-hydrogen) atoms. The Balaban J connectivity index is 2.33. The van der Waals surface area contributed by atoms with Crippen molar-refractivity contribution in [3.63, 3.8) is 0 Å². The summed E-state index contributed by atoms with van der Waals surface area (Å²) in [5.41, 5.74) is 0. The number of amides is 4. The van der Waals surface area contributed by atoms with Crippen LogP contribution in [0.25, 0.3) is 0 Å². The van der Waals surface area contributed by atoms with E-state index in [0.717, 1.165) is 30.6 Å². The van der Waals surface area contributed by atoms with Gasteiger partial charge >= 0.3 is 17.8 Å². The Morgan fingerprint density at radius 2 is 1.86 bits per heavy atom. The van der Waals surface area contributed by atoms with Crippen molar-refractivity contribution in [2.45, 2.75) is 32.6 Å². The normalized spacial score (nSPS) is 16.4. The lowest BCUT2D eigenvalue weighted by Gasteiger charge is -2.09. The van der Waals surface area contributed by atoms with Crippen molar-refractivity contribution in [3.05, 3.63) is 0 Å². The smallest absolute Gasteiger partial charge is 0.269 e. The Hall–Kier alpha value is -1.39. The van der Waals surface area contributed by atoms with E-state index in [0.29, 0.717) is 6.54 Å². The third-order valence-corrected chi connectivity index (χ3v) is 2.14. The van der Waals surface area contributed by atoms with E-state index in [1.54, 1.807) is 0 Å². The molecule has 78 valence electrons. The molecule has 0 aromatic rings. The molecule has 0 radical (unpaired) electrons. The maximum atomic E-state index is 11.1. The summed E-state index contributed by atoms with van der Waals surface area (Å²) < 4.78 is 0. The van der Waals surface area contributed by atoms with Gasteiger partial charge in [-0.15, -0.1) is 0 Å². The molecule has 1 aliphatic rings. The third kappa shape index (κ3) is 2.31. The number of imide groups is 2. The molecule has 1 aliphatic heterocycles. The van der Waals surface area contributed by atoms with Crippen LogP contribution < -0.4 is 5.32 Å². The Morgan fingerprint density at radius 1 is 1.14 bits per heavy atom. The van der Waals surface area contributed by atoms with Crippen LogP contribution in [0.1, 0.15) is 32.6 Å². The number of hydrogen-bond donors (Lipinski definition) is 1. The standard InChI is InChI=1S/C9H14N2O3/c1-2-3-4-5-6-11-8(13)7(12)10-9(11)14/h2-6H2,1H3,(H,10,12,14). The van der Waals surface area contributed by atoms with Gasteiger partial charge in [0.25, 0.3) is 0 Å². The summed E-state index contributed by atoms with van der Waals surface area (Å²) in [7, 11) is 0. The molecular weight excluding hydrogens is 184 g/mol. The fourth-order valence-electron chi connectivity index (χ4n) is 1.33. The Morgan fingerprint density at radius 3 is 2.36 bits per heavy atom. The molecule has 5 nitrogen and oxygen atoms in total. The number of hydrogen-bond acceptors (Lipinski definition) is 3. The maximum absolute atomic E-state index is 11.1. The Bertz CT molecular complexity index is 263. The molecule has 0 atom stereocenters. The van der Waals surface area contributed by atoms with Crippen molar-refractivity contribution in [2.75, 3.05) is 6.54 Å². The van der Waals surface area contributed by atoms with Crippen LogP contribution in [-0.4, -0.2) is 29.3 Å². The first-order valence-electron chi connectivity index (χ1n) is 4.83. The predicted octanol–water partition coefficient (Wildman–Crippen LogP) is 0.645. The first kappa shape index (κ1) is 10.7. The third-order valence-electron chi connectivity index (χ3n) is 2.14. The van der Waals surface area contributed by atoms with Gasteiger partial charge in [0.2, 0.25) is 0 Å². The van der Waals surface area contributed by atoms with Crippen LogP contribution in [0.4, 0.5) is 4.79 Å². The molecule has 1 rings (SSSR count). The molecule has 0 aliphatic carbocycles. The number of nitrogens with one attached hydrogen (secondary N) is 1. The molecule has 0 spiro atoms. The van der Waals surface area contributed by atoms with Gasteiger partial charge in [0.1, 0.15) is 0 Å². The van der Waals surface area contributed by atoms with Crippen molar-refractivity contribution in [1.82, 2.24) is 10.2 Å². The van der Waals surface area contributed by atoms with Crippen LogP contribution in [0.15, 0.2) is 0 Å². The maximum Gasteiger partial charge on any atom is 0.331 e. The molecule has 0 aromatic heterocycles. The van der Waals surface area contributed by atoms with E-state index in [1.165, 1.54) is 0 Å². The van der Waals surface area contributed by atoms with Gasteiger partial charge in [-0.2, -0.15) is 0 Å². The van der Waals surface area contributed by atoms with Crippen molar-refractivity contribution in [3.8, 4) is 0 Å². The van der Waals surface area contributed by atoms with E-state index in [2.05, 4.69) is 6.92 Å². The first-order chi connectivity index (χ1) is 6.66. The van der Waals surface area contributed by atoms with Crippen LogP contribution in [0.3, 0.4) is 0 Å². The minimum Gasteiger partial charge on any atom is -0.269 e. The topological polar surface area (TPSA) is 66.5 Å². The molecule has 1 saturated heterocycles. The van der Waals surface area contributed by atoms with Gasteiger partial charge < -0.3 is 0 Å². The van der Waals surface area contributed by atoms with Crippen LogP contribution in [0.5, 0.6) is 0 Å². The summed E-state index contributed by atoms with van der Waals surface area (Å²) in [4.78, 5) is 33.8. The van der Waals surface area contributed by atoms with Gasteiger partial charge in [-0.05, 0) is 6.42 Å². The van der Waals surface area contributed by atoms with Gasteiger partial charge in [0.15, 0.2) is 0 Å². The first-order valence-corrected chi connectivity index (χ1v) is 4.83. The zero-order chi connectivity index (χ0) is 10.6. The van der Waals surface area contributed by atoms with Crippen molar-refractivity contribution >= 4 is 17.8 Å². The van der Waals surface area contributed by atoms with E-state index in [4.69, 9.17) is 0 Å². The number of nitrogens with zero attached hydrogens (tertiary/aromatic N) is 1. The number of unbranched alkanes of at least 4 members (excludes halogenated alkanes) is 3. The number of carbonyl (C=O) groups is 3. The minimum absolute atomic E-state index is 0.344. The van der Waals surface area contributed by atoms with E-state index in [9.17, 15) is 14.4 Å². The number of rotatable bonds is 5. The van der Waals surface area contributed by atoms with E-state index >= 15 is 0 Å². The summed E-state index contributed by atoms with van der Waals surface area (Å²) in [6.45, 7) is 2.42. The Kier molecular flexibility index (Phi) is 3.62. The van der Waals surface area contributed by atoms with Crippen molar-refractivity contribution in [2.24, 2.45) is 0 Å². The van der Waals surface area contributed by atoms with E-state index in [-0.39, 0.29) is 0 Å². The monoisotopic (exact) mass is 198 g/mol. The second kappa shape index (κ2) is 4.74. The molecule has 1 N–H and O–H groups in total. The molecule has 1 fully saturated rings. The average Bonchev–Trinajstić information content (AvgIpc) is 2.38. The molecule has 0 bridgehead atoms. The summed E-state index contributed by atoms with van der Waals surface area (Å²) in [6.07, 6.45) is 3.92. The zero-order valence-corrected chi connectivity index (χ0v) is 8.21. The zero-order valence-electron chi connectivity index (χ0n) is 8.21. The SMILES string of the molecule is CCCCCCN1C(=O)NC(=O)C1=O. The van der Waals surface area contributed by atoms with Crippen LogP contribution in [-0.2, 0) is 9.59 Å². The van der Waals surface area contributed by atoms with Gasteiger partial charge in [0, 0.05) is 6.54 Å². The summed E-state index contributed by atoms with van der Waals surface area (Å²) in [6, 6.07) is -0.587. The van der Waals surface area contributed by atoms with Gasteiger partial charge in [-0.1, -0.05) is 26.2 Å². The highest BCUT2D eigenvalue weighted by molar-refractivity contribution is 6.44. The predicted molar refractivity (Wildman–Crippen MR) is 49.4 cm³/mol. The van der Waals surface area contributed by atoms with E-state index < -0.39 is 17.8 Å². The van der Waals surface area contributed by atoms with Gasteiger partial charge in [-0.3, -0.25) is 19.8 Å². The summed E-state index contributed by atoms with van der Waals surface area (Å²) in [5, 5.41) is 1.96. The van der Waals surface area contributed by atoms with Crippen LogP contribution >= 0.6 is 0 Å². The molecule has 0 unspecified atom stereocenters. The number of carbonyl (C=O) groups excluding carboxylic acids is 3. The van der Waals surface area contributed by atoms with Crippen molar-refractivity contribution in [1.29, 1.82) is 0 Å². The lowest BCUT2D eigenvalue weighted by Crippen LogP contribution is -2.31. The highest BCUT2D eigenvalue weighted by atomic mass is 16.2. The van der Waals surface area contributed by atoms with Gasteiger partial charge in [0.05, 0.1) is 0 Å². The fourth-order valence-corrected chi connectivity index (χ4v) is 1.33. The quantitative estimate of drug-likeness (QED) is 0.400. The molecule has 1 heterocycles. The lowest BCUT2D eigenvalue weighted by atomic mass is 10.2. The largest absolute Gasteiger partial charge is 0.331 e. The van der Waals surface area contributed by atoms with Gasteiger partial charge in [-0.25, -0.2) is 4.79 Å². The minimum atomic E-state index is -0.814. The highest BCUT2D eigenvalue weighted by Crippen LogP contribution is 2.05. The van der Waals surface area contributed by atoms with Crippen LogP contribution in [0, 0.1) is 0 Å². The lowest BCUT2D eigenvalue weighted by molar-refractivity contribution is -0.140. The highest BCUT2D eigenvalue weighted by Gasteiger charge is 2.35. The second-order valence-corrected chi connectivity index (χ2v) is 3.28. The molecule has 4 amide bonds. The fraction of sp³-hybridized carbons (Fsp3) is 0.667.